The number of rotatable bonds is 9. The monoisotopic (exact) mass is 266 g/mol. The Morgan fingerprint density at radius 3 is 2.53 bits per heavy atom. The van der Waals surface area contributed by atoms with Crippen LogP contribution in [0.5, 0.6) is 11.5 Å². The molecule has 108 valence electrons. The molecule has 0 fully saturated rings. The summed E-state index contributed by atoms with van der Waals surface area (Å²) >= 11 is 0. The highest BCUT2D eigenvalue weighted by Gasteiger charge is 2.15. The van der Waals surface area contributed by atoms with Crippen LogP contribution in [0, 0.1) is 0 Å². The molecule has 0 saturated carbocycles. The van der Waals surface area contributed by atoms with Crippen LogP contribution in [0.1, 0.15) is 50.6 Å². The van der Waals surface area contributed by atoms with Crippen molar-refractivity contribution in [2.75, 3.05) is 14.2 Å². The van der Waals surface area contributed by atoms with Crippen molar-refractivity contribution < 1.29 is 9.47 Å². The van der Waals surface area contributed by atoms with Crippen LogP contribution in [0.2, 0.25) is 0 Å². The topological polar surface area (TPSA) is 56.5 Å². The number of hydrazine groups is 1. The molecule has 3 N–H and O–H groups in total. The van der Waals surface area contributed by atoms with Gasteiger partial charge in [-0.15, -0.1) is 0 Å². The first-order valence-corrected chi connectivity index (χ1v) is 6.94. The van der Waals surface area contributed by atoms with Crippen molar-refractivity contribution in [1.82, 2.24) is 5.43 Å². The molecular weight excluding hydrogens is 240 g/mol. The zero-order valence-electron chi connectivity index (χ0n) is 12.2. The van der Waals surface area contributed by atoms with E-state index in [1.54, 1.807) is 14.2 Å². The lowest BCUT2D eigenvalue weighted by molar-refractivity contribution is 0.384. The van der Waals surface area contributed by atoms with Gasteiger partial charge in [0.25, 0.3) is 0 Å². The second-order valence-corrected chi connectivity index (χ2v) is 4.68. The van der Waals surface area contributed by atoms with Crippen molar-refractivity contribution in [3.8, 4) is 11.5 Å². The van der Waals surface area contributed by atoms with E-state index in [9.17, 15) is 0 Å². The van der Waals surface area contributed by atoms with E-state index in [0.717, 1.165) is 29.9 Å². The number of ether oxygens (including phenoxy) is 2. The number of hydrogen-bond donors (Lipinski definition) is 2. The molecule has 0 spiro atoms. The van der Waals surface area contributed by atoms with Crippen molar-refractivity contribution in [3.05, 3.63) is 23.8 Å². The first-order chi connectivity index (χ1) is 9.26. The molecule has 0 aliphatic rings. The van der Waals surface area contributed by atoms with Crippen LogP contribution in [-0.2, 0) is 0 Å². The molecule has 1 atom stereocenters. The Morgan fingerprint density at radius 1 is 1.16 bits per heavy atom. The molecule has 0 aliphatic heterocycles. The molecule has 0 aliphatic carbocycles. The molecular formula is C15H26N2O2. The highest BCUT2D eigenvalue weighted by atomic mass is 16.5. The Kier molecular flexibility index (Phi) is 7.30. The molecule has 1 unspecified atom stereocenters. The van der Waals surface area contributed by atoms with E-state index in [4.69, 9.17) is 15.3 Å². The molecule has 19 heavy (non-hydrogen) atoms. The van der Waals surface area contributed by atoms with E-state index in [0.29, 0.717) is 0 Å². The minimum absolute atomic E-state index is 0.0990. The minimum Gasteiger partial charge on any atom is -0.497 e. The van der Waals surface area contributed by atoms with Crippen LogP contribution in [-0.4, -0.2) is 14.2 Å². The number of unbranched alkanes of at least 4 members (excludes halogenated alkanes) is 3. The van der Waals surface area contributed by atoms with E-state index in [1.807, 2.05) is 18.2 Å². The molecule has 4 heteroatoms. The third-order valence-corrected chi connectivity index (χ3v) is 3.36. The fourth-order valence-corrected chi connectivity index (χ4v) is 2.22. The molecule has 0 saturated heterocycles. The van der Waals surface area contributed by atoms with E-state index in [-0.39, 0.29) is 6.04 Å². The lowest BCUT2D eigenvalue weighted by Gasteiger charge is -2.19. The van der Waals surface area contributed by atoms with E-state index in [1.165, 1.54) is 19.3 Å². The molecule has 4 nitrogen and oxygen atoms in total. The van der Waals surface area contributed by atoms with Crippen molar-refractivity contribution in [1.29, 1.82) is 0 Å². The van der Waals surface area contributed by atoms with Gasteiger partial charge in [0.05, 0.1) is 14.2 Å². The van der Waals surface area contributed by atoms with Gasteiger partial charge in [0.2, 0.25) is 0 Å². The highest BCUT2D eigenvalue weighted by Crippen LogP contribution is 2.31. The molecule has 0 aromatic heterocycles. The summed E-state index contributed by atoms with van der Waals surface area (Å²) in [6, 6.07) is 5.91. The average molecular weight is 266 g/mol. The van der Waals surface area contributed by atoms with Gasteiger partial charge in [-0.05, 0) is 24.6 Å². The lowest BCUT2D eigenvalue weighted by atomic mass is 9.99. The summed E-state index contributed by atoms with van der Waals surface area (Å²) in [6.07, 6.45) is 5.90. The Labute approximate surface area is 116 Å². The third-order valence-electron chi connectivity index (χ3n) is 3.36. The predicted molar refractivity (Wildman–Crippen MR) is 78.4 cm³/mol. The van der Waals surface area contributed by atoms with Crippen molar-refractivity contribution in [2.45, 2.75) is 45.1 Å². The van der Waals surface area contributed by atoms with Crippen LogP contribution in [0.4, 0.5) is 0 Å². The fourth-order valence-electron chi connectivity index (χ4n) is 2.22. The number of hydrogen-bond acceptors (Lipinski definition) is 4. The maximum atomic E-state index is 5.69. The Morgan fingerprint density at radius 2 is 1.95 bits per heavy atom. The number of benzene rings is 1. The quantitative estimate of drug-likeness (QED) is 0.409. The summed E-state index contributed by atoms with van der Waals surface area (Å²) in [7, 11) is 3.34. The van der Waals surface area contributed by atoms with E-state index in [2.05, 4.69) is 12.3 Å². The number of nitrogens with two attached hydrogens (primary N) is 1. The van der Waals surface area contributed by atoms with Crippen LogP contribution in [0.3, 0.4) is 0 Å². The molecule has 1 aromatic carbocycles. The summed E-state index contributed by atoms with van der Waals surface area (Å²) < 4.78 is 10.7. The van der Waals surface area contributed by atoms with Gasteiger partial charge in [-0.25, -0.2) is 0 Å². The van der Waals surface area contributed by atoms with Crippen LogP contribution >= 0.6 is 0 Å². The van der Waals surface area contributed by atoms with Gasteiger partial charge < -0.3 is 9.47 Å². The van der Waals surface area contributed by atoms with Crippen molar-refractivity contribution >= 4 is 0 Å². The summed E-state index contributed by atoms with van der Waals surface area (Å²) in [5.74, 6) is 7.36. The first-order valence-electron chi connectivity index (χ1n) is 6.94. The number of nitrogens with one attached hydrogen (secondary N) is 1. The maximum absolute atomic E-state index is 5.69. The second kappa shape index (κ2) is 8.77. The van der Waals surface area contributed by atoms with Crippen LogP contribution in [0.15, 0.2) is 18.2 Å². The standard InChI is InChI=1S/C15H26N2O2/c1-4-5-6-7-8-14(17-16)13-11-12(18-2)9-10-15(13)19-3/h9-11,14,17H,4-8,16H2,1-3H3. The maximum Gasteiger partial charge on any atom is 0.123 e. The van der Waals surface area contributed by atoms with Crippen LogP contribution < -0.4 is 20.7 Å². The number of methoxy groups -OCH3 is 2. The zero-order valence-corrected chi connectivity index (χ0v) is 12.2. The lowest BCUT2D eigenvalue weighted by Crippen LogP contribution is -2.28. The van der Waals surface area contributed by atoms with E-state index < -0.39 is 0 Å². The van der Waals surface area contributed by atoms with Gasteiger partial charge in [-0.2, -0.15) is 0 Å². The normalized spacial score (nSPS) is 12.2. The van der Waals surface area contributed by atoms with Crippen molar-refractivity contribution in [2.24, 2.45) is 5.84 Å². The molecule has 1 aromatic rings. The van der Waals surface area contributed by atoms with Gasteiger partial charge in [-0.3, -0.25) is 11.3 Å². The fraction of sp³-hybridized carbons (Fsp3) is 0.600. The SMILES string of the molecule is CCCCCCC(NN)c1cc(OC)ccc1OC. The summed E-state index contributed by atoms with van der Waals surface area (Å²) in [5.41, 5.74) is 3.94. The second-order valence-electron chi connectivity index (χ2n) is 4.68. The largest absolute Gasteiger partial charge is 0.497 e. The molecule has 0 bridgehead atoms. The Bertz CT molecular complexity index is 369. The summed E-state index contributed by atoms with van der Waals surface area (Å²) in [4.78, 5) is 0. The van der Waals surface area contributed by atoms with Gasteiger partial charge in [0, 0.05) is 11.6 Å². The average Bonchev–Trinajstić information content (AvgIpc) is 2.47. The minimum atomic E-state index is 0.0990. The summed E-state index contributed by atoms with van der Waals surface area (Å²) in [5, 5.41) is 0. The Balaban J connectivity index is 2.77. The predicted octanol–water partition coefficient (Wildman–Crippen LogP) is 3.18. The van der Waals surface area contributed by atoms with Crippen LogP contribution in [0.25, 0.3) is 0 Å². The third kappa shape index (κ3) is 4.73. The highest BCUT2D eigenvalue weighted by molar-refractivity contribution is 5.42. The van der Waals surface area contributed by atoms with Crippen molar-refractivity contribution in [3.63, 3.8) is 0 Å². The molecule has 0 amide bonds. The molecule has 0 heterocycles. The van der Waals surface area contributed by atoms with Gasteiger partial charge in [0.15, 0.2) is 0 Å². The first kappa shape index (κ1) is 15.8. The van der Waals surface area contributed by atoms with Gasteiger partial charge in [-0.1, -0.05) is 32.6 Å². The smallest absolute Gasteiger partial charge is 0.123 e. The zero-order chi connectivity index (χ0) is 14.1. The Hall–Kier alpha value is -1.26. The van der Waals surface area contributed by atoms with E-state index >= 15 is 0 Å². The summed E-state index contributed by atoms with van der Waals surface area (Å²) in [6.45, 7) is 2.21. The van der Waals surface area contributed by atoms with Gasteiger partial charge >= 0.3 is 0 Å². The van der Waals surface area contributed by atoms with Gasteiger partial charge in [0.1, 0.15) is 11.5 Å². The molecule has 1 rings (SSSR count). The molecule has 0 radical (unpaired) electrons.